The largest absolute Gasteiger partial charge is 0.496 e. The lowest BCUT2D eigenvalue weighted by molar-refractivity contribution is -0.384. The quantitative estimate of drug-likeness (QED) is 0.478. The second kappa shape index (κ2) is 6.93. The molecule has 0 aliphatic heterocycles. The number of hydrogen-bond donors (Lipinski definition) is 0. The predicted octanol–water partition coefficient (Wildman–Crippen LogP) is 3.94. The van der Waals surface area contributed by atoms with Gasteiger partial charge in [0.1, 0.15) is 5.75 Å². The van der Waals surface area contributed by atoms with E-state index in [1.165, 1.54) is 30.9 Å². The number of hydrogen-bond acceptors (Lipinski definition) is 5. The van der Waals surface area contributed by atoms with Crippen LogP contribution in [-0.4, -0.2) is 25.1 Å². The van der Waals surface area contributed by atoms with E-state index in [9.17, 15) is 14.9 Å². The normalized spacial score (nSPS) is 13.0. The van der Waals surface area contributed by atoms with Crippen molar-refractivity contribution >= 4 is 11.7 Å². The Balaban J connectivity index is 2.32. The van der Waals surface area contributed by atoms with Crippen molar-refractivity contribution < 1.29 is 19.2 Å². The number of benzene rings is 2. The summed E-state index contributed by atoms with van der Waals surface area (Å²) >= 11 is 0. The zero-order chi connectivity index (χ0) is 18.0. The van der Waals surface area contributed by atoms with Gasteiger partial charge in [-0.05, 0) is 42.9 Å². The van der Waals surface area contributed by atoms with Crippen LogP contribution in [0.1, 0.15) is 34.3 Å². The fourth-order valence-corrected chi connectivity index (χ4v) is 3.48. The van der Waals surface area contributed by atoms with Gasteiger partial charge in [-0.2, -0.15) is 0 Å². The first-order chi connectivity index (χ1) is 12.1. The summed E-state index contributed by atoms with van der Waals surface area (Å²) in [5.41, 5.74) is 3.08. The average molecular weight is 341 g/mol. The van der Waals surface area contributed by atoms with Gasteiger partial charge in [-0.15, -0.1) is 0 Å². The van der Waals surface area contributed by atoms with Crippen LogP contribution in [0.4, 0.5) is 5.69 Å². The topological polar surface area (TPSA) is 78.7 Å². The maximum atomic E-state index is 12.2. The molecule has 6 heteroatoms. The lowest BCUT2D eigenvalue weighted by Gasteiger charge is -2.22. The molecule has 0 fully saturated rings. The van der Waals surface area contributed by atoms with E-state index in [0.717, 1.165) is 31.2 Å². The fraction of sp³-hybridized carbons (Fsp3) is 0.316. The molecule has 2 aromatic carbocycles. The number of nitro groups is 1. The number of carbonyl (C=O) groups excluding carboxylic acids is 1. The molecule has 0 amide bonds. The van der Waals surface area contributed by atoms with E-state index in [0.29, 0.717) is 11.3 Å². The fourth-order valence-electron chi connectivity index (χ4n) is 3.48. The second-order valence-electron chi connectivity index (χ2n) is 5.94. The number of ether oxygens (including phenoxy) is 2. The summed E-state index contributed by atoms with van der Waals surface area (Å²) in [6.07, 6.45) is 4.00. The molecule has 0 saturated heterocycles. The molecule has 0 aromatic heterocycles. The van der Waals surface area contributed by atoms with Crippen molar-refractivity contribution in [2.45, 2.75) is 25.7 Å². The Morgan fingerprint density at radius 2 is 1.88 bits per heavy atom. The zero-order valence-electron chi connectivity index (χ0n) is 14.2. The van der Waals surface area contributed by atoms with Gasteiger partial charge in [-0.3, -0.25) is 10.1 Å². The Bertz CT molecular complexity index is 844. The predicted molar refractivity (Wildman–Crippen MR) is 93.1 cm³/mol. The highest BCUT2D eigenvalue weighted by Crippen LogP contribution is 2.43. The minimum Gasteiger partial charge on any atom is -0.496 e. The van der Waals surface area contributed by atoms with Crippen LogP contribution in [0.3, 0.4) is 0 Å². The minimum atomic E-state index is -0.613. The van der Waals surface area contributed by atoms with Crippen molar-refractivity contribution in [1.29, 1.82) is 0 Å². The summed E-state index contributed by atoms with van der Waals surface area (Å²) in [6, 6.07) is 8.19. The Morgan fingerprint density at radius 1 is 1.12 bits per heavy atom. The van der Waals surface area contributed by atoms with Crippen molar-refractivity contribution in [2.75, 3.05) is 14.2 Å². The molecule has 6 nitrogen and oxygen atoms in total. The van der Waals surface area contributed by atoms with Crippen molar-refractivity contribution in [3.05, 3.63) is 57.1 Å². The molecule has 25 heavy (non-hydrogen) atoms. The van der Waals surface area contributed by atoms with E-state index >= 15 is 0 Å². The first kappa shape index (κ1) is 17.0. The molecule has 0 heterocycles. The van der Waals surface area contributed by atoms with E-state index < -0.39 is 10.9 Å². The monoisotopic (exact) mass is 341 g/mol. The van der Waals surface area contributed by atoms with Gasteiger partial charge in [0.05, 0.1) is 30.3 Å². The summed E-state index contributed by atoms with van der Waals surface area (Å²) in [5, 5.41) is 11.6. The zero-order valence-corrected chi connectivity index (χ0v) is 14.2. The van der Waals surface area contributed by atoms with Gasteiger partial charge in [0.15, 0.2) is 0 Å². The number of rotatable bonds is 4. The smallest absolute Gasteiger partial charge is 0.338 e. The lowest BCUT2D eigenvalue weighted by Crippen LogP contribution is -2.09. The maximum absolute atomic E-state index is 12.2. The Kier molecular flexibility index (Phi) is 4.70. The molecule has 0 spiro atoms. The van der Waals surface area contributed by atoms with Crippen LogP contribution in [0.15, 0.2) is 30.3 Å². The van der Waals surface area contributed by atoms with Crippen LogP contribution in [0.25, 0.3) is 11.1 Å². The molecule has 1 aliphatic rings. The number of nitrogens with zero attached hydrogens (tertiary/aromatic N) is 1. The lowest BCUT2D eigenvalue weighted by atomic mass is 9.86. The van der Waals surface area contributed by atoms with Gasteiger partial charge in [0.2, 0.25) is 0 Å². The molecule has 0 radical (unpaired) electrons. The third-order valence-electron chi connectivity index (χ3n) is 4.60. The van der Waals surface area contributed by atoms with Crippen molar-refractivity contribution in [2.24, 2.45) is 0 Å². The third-order valence-corrected chi connectivity index (χ3v) is 4.60. The van der Waals surface area contributed by atoms with Crippen LogP contribution >= 0.6 is 0 Å². The first-order valence-electron chi connectivity index (χ1n) is 8.13. The highest BCUT2D eigenvalue weighted by molar-refractivity contribution is 6.01. The number of esters is 1. The number of carbonyl (C=O) groups is 1. The molecule has 130 valence electrons. The van der Waals surface area contributed by atoms with Crippen LogP contribution in [0, 0.1) is 10.1 Å². The SMILES string of the molecule is COC(=O)c1cccc([N+](=O)[O-])c1-c1ccc2c(c1OC)CCCC2. The standard InChI is InChI=1S/C19H19NO5/c1-24-18-13-7-4-3-6-12(13)10-11-14(18)17-15(19(21)25-2)8-5-9-16(17)20(22)23/h5,8-11H,3-4,6-7H2,1-2H3. The van der Waals surface area contributed by atoms with Crippen molar-refractivity contribution in [3.8, 4) is 16.9 Å². The molecule has 3 rings (SSSR count). The number of fused-ring (bicyclic) bond motifs is 1. The highest BCUT2D eigenvalue weighted by atomic mass is 16.6. The Labute approximate surface area is 145 Å². The molecule has 1 aliphatic carbocycles. The summed E-state index contributed by atoms with van der Waals surface area (Å²) in [6.45, 7) is 0. The summed E-state index contributed by atoms with van der Waals surface area (Å²) in [5.74, 6) is -0.00451. The van der Waals surface area contributed by atoms with Gasteiger partial charge < -0.3 is 9.47 Å². The van der Waals surface area contributed by atoms with Gasteiger partial charge in [-0.25, -0.2) is 4.79 Å². The highest BCUT2D eigenvalue weighted by Gasteiger charge is 2.28. The minimum absolute atomic E-state index is 0.142. The molecular weight excluding hydrogens is 322 g/mol. The summed E-state index contributed by atoms with van der Waals surface area (Å²) in [4.78, 5) is 23.3. The van der Waals surface area contributed by atoms with E-state index in [4.69, 9.17) is 9.47 Å². The molecule has 0 N–H and O–H groups in total. The number of nitro benzene ring substituents is 1. The molecule has 0 atom stereocenters. The van der Waals surface area contributed by atoms with Crippen LogP contribution in [0.5, 0.6) is 5.75 Å². The van der Waals surface area contributed by atoms with E-state index in [2.05, 4.69) is 0 Å². The van der Waals surface area contributed by atoms with E-state index in [-0.39, 0.29) is 16.8 Å². The van der Waals surface area contributed by atoms with Gasteiger partial charge >= 0.3 is 5.97 Å². The van der Waals surface area contributed by atoms with Gasteiger partial charge in [0.25, 0.3) is 5.69 Å². The Hall–Kier alpha value is -2.89. The second-order valence-corrected chi connectivity index (χ2v) is 5.94. The number of methoxy groups -OCH3 is 2. The van der Waals surface area contributed by atoms with Gasteiger partial charge in [-0.1, -0.05) is 18.2 Å². The summed E-state index contributed by atoms with van der Waals surface area (Å²) < 4.78 is 10.4. The van der Waals surface area contributed by atoms with E-state index in [1.807, 2.05) is 6.07 Å². The molecule has 2 aromatic rings. The maximum Gasteiger partial charge on any atom is 0.338 e. The molecular formula is C19H19NO5. The molecule has 0 unspecified atom stereocenters. The average Bonchev–Trinajstić information content (AvgIpc) is 2.65. The van der Waals surface area contributed by atoms with Crippen LogP contribution < -0.4 is 4.74 Å². The van der Waals surface area contributed by atoms with Crippen LogP contribution in [0.2, 0.25) is 0 Å². The Morgan fingerprint density at radius 3 is 2.56 bits per heavy atom. The van der Waals surface area contributed by atoms with Crippen molar-refractivity contribution in [3.63, 3.8) is 0 Å². The molecule has 0 bridgehead atoms. The molecule has 0 saturated carbocycles. The third kappa shape index (κ3) is 2.95. The van der Waals surface area contributed by atoms with Crippen LogP contribution in [-0.2, 0) is 17.6 Å². The summed E-state index contributed by atoms with van der Waals surface area (Å²) in [7, 11) is 2.81. The number of aryl methyl sites for hydroxylation is 1. The first-order valence-corrected chi connectivity index (χ1v) is 8.13. The van der Waals surface area contributed by atoms with E-state index in [1.54, 1.807) is 13.2 Å². The van der Waals surface area contributed by atoms with Gasteiger partial charge in [0, 0.05) is 11.6 Å². The van der Waals surface area contributed by atoms with Crippen molar-refractivity contribution in [1.82, 2.24) is 0 Å².